The van der Waals surface area contributed by atoms with Gasteiger partial charge in [0.2, 0.25) is 23.6 Å². The number of pyridine rings is 1. The van der Waals surface area contributed by atoms with Crippen molar-refractivity contribution in [1.82, 2.24) is 25.8 Å². The van der Waals surface area contributed by atoms with Crippen LogP contribution >= 0.6 is 0 Å². The fraction of sp³-hybridized carbons (Fsp3) is 0.632. The lowest BCUT2D eigenvalue weighted by molar-refractivity contribution is -0.147. The molecule has 266 valence electrons. The van der Waals surface area contributed by atoms with Crippen molar-refractivity contribution in [3.63, 3.8) is 0 Å². The number of hydrogen-bond donors (Lipinski definition) is 3. The zero-order valence-corrected chi connectivity index (χ0v) is 29.5. The molecule has 1 aromatic heterocycles. The van der Waals surface area contributed by atoms with Crippen molar-refractivity contribution < 1.29 is 24.0 Å². The Balaban J connectivity index is 1.56. The number of anilines is 1. The molecular formula is C38H54N6O5. The van der Waals surface area contributed by atoms with E-state index in [4.69, 9.17) is 4.98 Å². The van der Waals surface area contributed by atoms with Crippen molar-refractivity contribution in [2.75, 3.05) is 24.5 Å². The summed E-state index contributed by atoms with van der Waals surface area (Å²) in [6.45, 7) is 7.80. The summed E-state index contributed by atoms with van der Waals surface area (Å²) in [6, 6.07) is 4.18. The molecule has 0 radical (unpaired) electrons. The van der Waals surface area contributed by atoms with Crippen LogP contribution in [0.1, 0.15) is 116 Å². The van der Waals surface area contributed by atoms with Gasteiger partial charge in [0.1, 0.15) is 30.0 Å². The number of Topliss-reactive ketones (excluding diaryl/α,β-unsaturated/α-hetero) is 1. The van der Waals surface area contributed by atoms with Gasteiger partial charge in [0.05, 0.1) is 11.2 Å². The second kappa shape index (κ2) is 17.1. The van der Waals surface area contributed by atoms with Crippen molar-refractivity contribution in [2.24, 2.45) is 5.92 Å². The third-order valence-electron chi connectivity index (χ3n) is 10.6. The monoisotopic (exact) mass is 674 g/mol. The molecule has 3 N–H and O–H groups in total. The van der Waals surface area contributed by atoms with Gasteiger partial charge in [-0.05, 0) is 63.4 Å². The summed E-state index contributed by atoms with van der Waals surface area (Å²) in [7, 11) is 0. The Kier molecular flexibility index (Phi) is 12.6. The SMILES string of the molecule is CCC(=O)CCCCC[C@@H]1NC(=O)[C@H]2CCCCN2C(=O)C(C(C)CC)NC(=O)[C@H](c2cnc3ccccc3c2N2CCCCC2)NC1=O. The van der Waals surface area contributed by atoms with Gasteiger partial charge in [-0.25, -0.2) is 0 Å². The Morgan fingerprint density at radius 3 is 2.39 bits per heavy atom. The van der Waals surface area contributed by atoms with Crippen molar-refractivity contribution in [1.29, 1.82) is 0 Å². The van der Waals surface area contributed by atoms with Gasteiger partial charge < -0.3 is 25.8 Å². The van der Waals surface area contributed by atoms with Crippen molar-refractivity contribution in [3.05, 3.63) is 36.0 Å². The van der Waals surface area contributed by atoms with E-state index in [1.54, 1.807) is 11.1 Å². The van der Waals surface area contributed by atoms with Gasteiger partial charge in [-0.3, -0.25) is 29.0 Å². The zero-order valence-electron chi connectivity index (χ0n) is 29.5. The average Bonchev–Trinajstić information content (AvgIpc) is 3.13. The van der Waals surface area contributed by atoms with E-state index in [9.17, 15) is 24.0 Å². The number of amides is 4. The molecule has 5 atom stereocenters. The van der Waals surface area contributed by atoms with E-state index >= 15 is 0 Å². The average molecular weight is 675 g/mol. The van der Waals surface area contributed by atoms with Crippen LogP contribution < -0.4 is 20.9 Å². The lowest BCUT2D eigenvalue weighted by Crippen LogP contribution is -2.62. The Morgan fingerprint density at radius 2 is 1.63 bits per heavy atom. The van der Waals surface area contributed by atoms with Gasteiger partial charge in [-0.15, -0.1) is 0 Å². The number of para-hydroxylation sites is 1. The van der Waals surface area contributed by atoms with Crippen LogP contribution in [-0.2, 0) is 24.0 Å². The summed E-state index contributed by atoms with van der Waals surface area (Å²) >= 11 is 0. The normalized spacial score (nSPS) is 24.6. The number of carbonyl (C=O) groups is 5. The number of carbonyl (C=O) groups excluding carboxylic acids is 5. The molecule has 4 amide bonds. The number of rotatable bonds is 11. The minimum atomic E-state index is -1.15. The van der Waals surface area contributed by atoms with Crippen LogP contribution in [0.3, 0.4) is 0 Å². The van der Waals surface area contributed by atoms with Crippen LogP contribution in [0.2, 0.25) is 0 Å². The molecule has 0 bridgehead atoms. The number of fused-ring (bicyclic) bond motifs is 2. The predicted octanol–water partition coefficient (Wildman–Crippen LogP) is 4.72. The van der Waals surface area contributed by atoms with Crippen LogP contribution in [0.25, 0.3) is 10.9 Å². The highest BCUT2D eigenvalue weighted by Gasteiger charge is 2.41. The van der Waals surface area contributed by atoms with E-state index < -0.39 is 36.0 Å². The topological polar surface area (TPSA) is 141 Å². The minimum Gasteiger partial charge on any atom is -0.371 e. The minimum absolute atomic E-state index is 0.204. The third kappa shape index (κ3) is 8.59. The largest absolute Gasteiger partial charge is 0.371 e. The lowest BCUT2D eigenvalue weighted by Gasteiger charge is -2.40. The van der Waals surface area contributed by atoms with Gasteiger partial charge >= 0.3 is 0 Å². The predicted molar refractivity (Wildman–Crippen MR) is 190 cm³/mol. The fourth-order valence-corrected chi connectivity index (χ4v) is 7.48. The number of nitrogens with one attached hydrogen (secondary N) is 3. The number of benzene rings is 1. The number of hydrogen-bond acceptors (Lipinski definition) is 7. The Bertz CT molecular complexity index is 1510. The Hall–Kier alpha value is -4.02. The summed E-state index contributed by atoms with van der Waals surface area (Å²) in [4.78, 5) is 77.6. The van der Waals surface area contributed by atoms with Gasteiger partial charge in [0.25, 0.3) is 0 Å². The maximum atomic E-state index is 14.6. The van der Waals surface area contributed by atoms with Crippen molar-refractivity contribution >= 4 is 46.0 Å². The smallest absolute Gasteiger partial charge is 0.248 e. The molecule has 0 saturated carbocycles. The number of piperidine rings is 2. The highest BCUT2D eigenvalue weighted by molar-refractivity contribution is 6.01. The summed E-state index contributed by atoms with van der Waals surface area (Å²) < 4.78 is 0. The molecule has 2 unspecified atom stereocenters. The second-order valence-electron chi connectivity index (χ2n) is 14.0. The molecule has 3 fully saturated rings. The van der Waals surface area contributed by atoms with Crippen LogP contribution in [0.5, 0.6) is 0 Å². The molecule has 0 spiro atoms. The van der Waals surface area contributed by atoms with Crippen molar-refractivity contribution in [3.8, 4) is 0 Å². The van der Waals surface area contributed by atoms with Gasteiger partial charge in [-0.2, -0.15) is 0 Å². The molecule has 5 rings (SSSR count). The van der Waals surface area contributed by atoms with Crippen LogP contribution in [0, 0.1) is 5.92 Å². The highest BCUT2D eigenvalue weighted by Crippen LogP contribution is 2.36. The molecule has 4 heterocycles. The second-order valence-corrected chi connectivity index (χ2v) is 14.0. The molecule has 1 aromatic carbocycles. The van der Waals surface area contributed by atoms with E-state index in [2.05, 4.69) is 20.9 Å². The first-order valence-electron chi connectivity index (χ1n) is 18.6. The summed E-state index contributed by atoms with van der Waals surface area (Å²) in [5.41, 5.74) is 2.22. The number of unbranched alkanes of at least 4 members (excludes halogenated alkanes) is 2. The van der Waals surface area contributed by atoms with Gasteiger partial charge in [0, 0.05) is 49.6 Å². The van der Waals surface area contributed by atoms with Crippen LogP contribution in [0.15, 0.2) is 30.5 Å². The Morgan fingerprint density at radius 1 is 0.878 bits per heavy atom. The van der Waals surface area contributed by atoms with Gasteiger partial charge in [-0.1, -0.05) is 58.2 Å². The van der Waals surface area contributed by atoms with E-state index in [0.717, 1.165) is 68.2 Å². The first-order valence-corrected chi connectivity index (χ1v) is 18.6. The zero-order chi connectivity index (χ0) is 34.9. The number of ketones is 1. The Labute approximate surface area is 290 Å². The quantitative estimate of drug-likeness (QED) is 0.293. The summed E-state index contributed by atoms with van der Waals surface area (Å²) in [6.07, 6.45) is 10.9. The highest BCUT2D eigenvalue weighted by atomic mass is 16.2. The van der Waals surface area contributed by atoms with Crippen molar-refractivity contribution in [2.45, 2.75) is 128 Å². The standard InChI is InChI=1S/C38H54N6O5/c1-4-25(3)32-38(49)44-23-15-12-20-31(44)36(47)40-30(19-9-6-8-16-26(45)5-2)35(46)42-33(37(48)41-32)28-24-39-29-18-11-10-17-27(29)34(28)43-21-13-7-14-22-43/h10-11,17-18,24-25,30-33H,4-9,12-16,19-23H2,1-3H3,(H,40,47)(H,41,48)(H,42,46)/t25?,30-,31+,32?,33-/m0/s1. The molecular weight excluding hydrogens is 620 g/mol. The first-order chi connectivity index (χ1) is 23.7. The first kappa shape index (κ1) is 36.3. The third-order valence-corrected chi connectivity index (χ3v) is 10.6. The van der Waals surface area contributed by atoms with E-state index in [1.165, 1.54) is 0 Å². The van der Waals surface area contributed by atoms with Crippen LogP contribution in [0.4, 0.5) is 5.69 Å². The van der Waals surface area contributed by atoms with Crippen LogP contribution in [-0.4, -0.2) is 77.1 Å². The lowest BCUT2D eigenvalue weighted by atomic mass is 9.92. The maximum Gasteiger partial charge on any atom is 0.248 e. The number of nitrogens with zero attached hydrogens (tertiary/aromatic N) is 3. The molecule has 11 nitrogen and oxygen atoms in total. The molecule has 3 aliphatic heterocycles. The summed E-state index contributed by atoms with van der Waals surface area (Å²) in [5, 5.41) is 10.00. The molecule has 3 saturated heterocycles. The summed E-state index contributed by atoms with van der Waals surface area (Å²) in [5.74, 6) is -1.53. The molecule has 11 heteroatoms. The van der Waals surface area contributed by atoms with Gasteiger partial charge in [0.15, 0.2) is 0 Å². The van der Waals surface area contributed by atoms with E-state index in [1.807, 2.05) is 45.0 Å². The molecule has 2 aromatic rings. The molecule has 49 heavy (non-hydrogen) atoms. The van der Waals surface area contributed by atoms with E-state index in [-0.39, 0.29) is 23.5 Å². The van der Waals surface area contributed by atoms with E-state index in [0.29, 0.717) is 57.1 Å². The molecule has 3 aliphatic rings. The number of aromatic nitrogens is 1. The fourth-order valence-electron chi connectivity index (χ4n) is 7.48. The molecule has 0 aliphatic carbocycles. The maximum absolute atomic E-state index is 14.6.